The average Bonchev–Trinajstić information content (AvgIpc) is 2.61. The molecule has 0 amide bonds. The standard InChI is InChI=1S/C22H18N2/c1-3-7-19-15(5-1)9-13-21(23-19)17-11-12-18(17)22-14-10-16-6-2-4-8-20(16)24-22/h1-10,13-14,17-18H,11-12H2/t17-,18?/m1/s1. The number of aromatic nitrogens is 2. The van der Waals surface area contributed by atoms with Crippen LogP contribution >= 0.6 is 0 Å². The van der Waals surface area contributed by atoms with Crippen LogP contribution in [0.25, 0.3) is 21.8 Å². The molecule has 2 aromatic carbocycles. The Balaban J connectivity index is 1.51. The minimum Gasteiger partial charge on any atom is -0.253 e. The Morgan fingerprint density at radius 3 is 1.46 bits per heavy atom. The number of benzene rings is 2. The molecular weight excluding hydrogens is 292 g/mol. The third-order valence-electron chi connectivity index (χ3n) is 5.27. The van der Waals surface area contributed by atoms with Gasteiger partial charge >= 0.3 is 0 Å². The van der Waals surface area contributed by atoms with E-state index in [1.165, 1.54) is 35.0 Å². The minimum absolute atomic E-state index is 0.489. The molecule has 116 valence electrons. The SMILES string of the molecule is c1ccc2nc(C3CC[C@H]3c3ccc4ccccc4n3)ccc2c1. The topological polar surface area (TPSA) is 25.8 Å². The summed E-state index contributed by atoms with van der Waals surface area (Å²) in [6, 6.07) is 25.5. The first kappa shape index (κ1) is 13.7. The Kier molecular flexibility index (Phi) is 3.08. The molecule has 0 aliphatic heterocycles. The summed E-state index contributed by atoms with van der Waals surface area (Å²) in [7, 11) is 0. The zero-order valence-electron chi connectivity index (χ0n) is 13.4. The second-order valence-electron chi connectivity index (χ2n) is 6.65. The monoisotopic (exact) mass is 310 g/mol. The van der Waals surface area contributed by atoms with Gasteiger partial charge in [-0.2, -0.15) is 0 Å². The Morgan fingerprint density at radius 2 is 1.00 bits per heavy atom. The fourth-order valence-electron chi connectivity index (χ4n) is 3.78. The van der Waals surface area contributed by atoms with Crippen molar-refractivity contribution in [1.82, 2.24) is 9.97 Å². The maximum absolute atomic E-state index is 4.91. The molecule has 2 nitrogen and oxygen atoms in total. The van der Waals surface area contributed by atoms with Crippen LogP contribution in [0, 0.1) is 0 Å². The second kappa shape index (κ2) is 5.41. The first-order valence-corrected chi connectivity index (χ1v) is 8.60. The van der Waals surface area contributed by atoms with E-state index in [4.69, 9.17) is 9.97 Å². The van der Waals surface area contributed by atoms with Crippen molar-refractivity contribution in [2.45, 2.75) is 24.7 Å². The molecule has 5 rings (SSSR count). The van der Waals surface area contributed by atoms with Gasteiger partial charge in [0.1, 0.15) is 0 Å². The molecule has 24 heavy (non-hydrogen) atoms. The van der Waals surface area contributed by atoms with E-state index in [0.29, 0.717) is 11.8 Å². The summed E-state index contributed by atoms with van der Waals surface area (Å²) in [5.41, 5.74) is 4.60. The van der Waals surface area contributed by atoms with E-state index in [1.54, 1.807) is 0 Å². The van der Waals surface area contributed by atoms with Gasteiger partial charge in [-0.05, 0) is 37.1 Å². The normalized spacial score (nSPS) is 20.2. The molecule has 1 unspecified atom stereocenters. The lowest BCUT2D eigenvalue weighted by molar-refractivity contribution is 0.334. The van der Waals surface area contributed by atoms with Gasteiger partial charge in [-0.15, -0.1) is 0 Å². The lowest BCUT2D eigenvalue weighted by Crippen LogP contribution is -2.23. The van der Waals surface area contributed by atoms with Crippen molar-refractivity contribution in [2.24, 2.45) is 0 Å². The molecule has 2 heterocycles. The molecule has 4 aromatic rings. The van der Waals surface area contributed by atoms with Crippen LogP contribution in [0.5, 0.6) is 0 Å². The molecular formula is C22H18N2. The quantitative estimate of drug-likeness (QED) is 0.492. The van der Waals surface area contributed by atoms with Crippen LogP contribution in [-0.4, -0.2) is 9.97 Å². The summed E-state index contributed by atoms with van der Waals surface area (Å²) in [5.74, 6) is 0.978. The fourth-order valence-corrected chi connectivity index (χ4v) is 3.78. The number of pyridine rings is 2. The van der Waals surface area contributed by atoms with Crippen molar-refractivity contribution in [3.8, 4) is 0 Å². The summed E-state index contributed by atoms with van der Waals surface area (Å²) >= 11 is 0. The molecule has 0 bridgehead atoms. The molecule has 2 atom stereocenters. The van der Waals surface area contributed by atoms with Gasteiger partial charge in [0.15, 0.2) is 0 Å². The van der Waals surface area contributed by atoms with Crippen molar-refractivity contribution < 1.29 is 0 Å². The highest BCUT2D eigenvalue weighted by molar-refractivity contribution is 5.79. The van der Waals surface area contributed by atoms with Gasteiger partial charge in [0.05, 0.1) is 11.0 Å². The van der Waals surface area contributed by atoms with Gasteiger partial charge in [-0.3, -0.25) is 9.97 Å². The molecule has 0 radical (unpaired) electrons. The van der Waals surface area contributed by atoms with Crippen molar-refractivity contribution in [3.63, 3.8) is 0 Å². The summed E-state index contributed by atoms with van der Waals surface area (Å²) in [6.07, 6.45) is 2.40. The summed E-state index contributed by atoms with van der Waals surface area (Å²) < 4.78 is 0. The van der Waals surface area contributed by atoms with Gasteiger partial charge in [-0.25, -0.2) is 0 Å². The summed E-state index contributed by atoms with van der Waals surface area (Å²) in [6.45, 7) is 0. The molecule has 1 aliphatic carbocycles. The smallest absolute Gasteiger partial charge is 0.0705 e. The Morgan fingerprint density at radius 1 is 0.542 bits per heavy atom. The number of hydrogen-bond donors (Lipinski definition) is 0. The van der Waals surface area contributed by atoms with Crippen molar-refractivity contribution >= 4 is 21.8 Å². The fraction of sp³-hybridized carbons (Fsp3) is 0.182. The van der Waals surface area contributed by atoms with Crippen LogP contribution in [0.3, 0.4) is 0 Å². The van der Waals surface area contributed by atoms with E-state index in [1.807, 2.05) is 0 Å². The molecule has 0 saturated heterocycles. The van der Waals surface area contributed by atoms with Crippen LogP contribution in [0.4, 0.5) is 0 Å². The number of hydrogen-bond acceptors (Lipinski definition) is 2. The summed E-state index contributed by atoms with van der Waals surface area (Å²) in [4.78, 5) is 9.82. The maximum Gasteiger partial charge on any atom is 0.0705 e. The third-order valence-corrected chi connectivity index (χ3v) is 5.27. The zero-order chi connectivity index (χ0) is 15.9. The summed E-state index contributed by atoms with van der Waals surface area (Å²) in [5, 5.41) is 2.42. The molecule has 2 heteroatoms. The highest BCUT2D eigenvalue weighted by Gasteiger charge is 2.35. The first-order valence-electron chi connectivity index (χ1n) is 8.60. The van der Waals surface area contributed by atoms with Crippen molar-refractivity contribution in [2.75, 3.05) is 0 Å². The number of rotatable bonds is 2. The van der Waals surface area contributed by atoms with E-state index in [-0.39, 0.29) is 0 Å². The van der Waals surface area contributed by atoms with E-state index < -0.39 is 0 Å². The molecule has 1 fully saturated rings. The van der Waals surface area contributed by atoms with Gasteiger partial charge in [0, 0.05) is 34.0 Å². The maximum atomic E-state index is 4.91. The van der Waals surface area contributed by atoms with Crippen LogP contribution in [0.1, 0.15) is 36.1 Å². The van der Waals surface area contributed by atoms with E-state index >= 15 is 0 Å². The highest BCUT2D eigenvalue weighted by atomic mass is 14.8. The van der Waals surface area contributed by atoms with Gasteiger partial charge in [0.25, 0.3) is 0 Å². The lowest BCUT2D eigenvalue weighted by Gasteiger charge is -2.36. The second-order valence-corrected chi connectivity index (χ2v) is 6.65. The van der Waals surface area contributed by atoms with Crippen LogP contribution in [0.15, 0.2) is 72.8 Å². The lowest BCUT2D eigenvalue weighted by atomic mass is 9.70. The van der Waals surface area contributed by atoms with Crippen LogP contribution in [0.2, 0.25) is 0 Å². The van der Waals surface area contributed by atoms with E-state index in [2.05, 4.69) is 72.8 Å². The van der Waals surface area contributed by atoms with Crippen LogP contribution < -0.4 is 0 Å². The highest BCUT2D eigenvalue weighted by Crippen LogP contribution is 2.48. The van der Waals surface area contributed by atoms with Crippen molar-refractivity contribution in [3.05, 3.63) is 84.2 Å². The molecule has 1 aliphatic rings. The molecule has 1 saturated carbocycles. The van der Waals surface area contributed by atoms with Crippen molar-refractivity contribution in [1.29, 1.82) is 0 Å². The average molecular weight is 310 g/mol. The Hall–Kier alpha value is -2.74. The van der Waals surface area contributed by atoms with Crippen LogP contribution in [-0.2, 0) is 0 Å². The molecule has 2 aromatic heterocycles. The molecule has 0 N–H and O–H groups in total. The largest absolute Gasteiger partial charge is 0.253 e. The predicted molar refractivity (Wildman–Crippen MR) is 98.2 cm³/mol. The minimum atomic E-state index is 0.489. The Bertz CT molecular complexity index is 953. The van der Waals surface area contributed by atoms with E-state index in [9.17, 15) is 0 Å². The van der Waals surface area contributed by atoms with Gasteiger partial charge in [-0.1, -0.05) is 48.5 Å². The first-order chi connectivity index (χ1) is 11.9. The zero-order valence-corrected chi connectivity index (χ0v) is 13.4. The number of nitrogens with zero attached hydrogens (tertiary/aromatic N) is 2. The third kappa shape index (κ3) is 2.18. The number of para-hydroxylation sites is 2. The van der Waals surface area contributed by atoms with E-state index in [0.717, 1.165) is 11.0 Å². The predicted octanol–water partition coefficient (Wildman–Crippen LogP) is 5.44. The van der Waals surface area contributed by atoms with Gasteiger partial charge < -0.3 is 0 Å². The van der Waals surface area contributed by atoms with Gasteiger partial charge in [0.2, 0.25) is 0 Å². The Labute approximate surface area is 141 Å². The number of fused-ring (bicyclic) bond motifs is 2. The molecule has 0 spiro atoms.